The predicted molar refractivity (Wildman–Crippen MR) is 111 cm³/mol. The fourth-order valence-electron chi connectivity index (χ4n) is 3.50. The van der Waals surface area contributed by atoms with Gasteiger partial charge in [0, 0.05) is 18.0 Å². The monoisotopic (exact) mass is 413 g/mol. The molecule has 1 fully saturated rings. The van der Waals surface area contributed by atoms with Gasteiger partial charge in [0.15, 0.2) is 0 Å². The zero-order valence-electron chi connectivity index (χ0n) is 15.2. The molecule has 1 aliphatic rings. The van der Waals surface area contributed by atoms with Crippen LogP contribution in [-0.4, -0.2) is 32.5 Å². The minimum absolute atomic E-state index is 0.0167. The first-order valence-electron chi connectivity index (χ1n) is 9.23. The van der Waals surface area contributed by atoms with Gasteiger partial charge < -0.3 is 10.2 Å². The number of halogens is 1. The maximum absolute atomic E-state index is 12.9. The number of hydrogen-bond acceptors (Lipinski definition) is 6. The fourth-order valence-corrected chi connectivity index (χ4v) is 4.17. The van der Waals surface area contributed by atoms with Gasteiger partial charge in [-0.3, -0.25) is 4.79 Å². The molecular formula is C20H20ClN5OS. The second-order valence-corrected chi connectivity index (χ2v) is 7.96. The summed E-state index contributed by atoms with van der Waals surface area (Å²) in [7, 11) is 0. The Morgan fingerprint density at radius 2 is 2.18 bits per heavy atom. The number of pyridine rings is 1. The van der Waals surface area contributed by atoms with Crippen molar-refractivity contribution in [2.75, 3.05) is 11.9 Å². The zero-order chi connectivity index (χ0) is 19.3. The Kier molecular flexibility index (Phi) is 5.83. The standard InChI is InChI=1S/C20H20ClN5OS/c21-15-5-1-4-14(12-15)9-10-19(27)26-11-3-7-17(26)16-6-2-8-18(23-16)24-20-25-22-13-28-20/h1-2,4-6,8,12-13,17H,3,7,9-11H2,(H,23,24,25)/t17-/m0/s1. The Labute approximate surface area is 172 Å². The van der Waals surface area contributed by atoms with Crippen molar-refractivity contribution in [3.05, 3.63) is 64.3 Å². The molecule has 3 aromatic rings. The molecule has 2 aromatic heterocycles. The van der Waals surface area contributed by atoms with Gasteiger partial charge in [-0.2, -0.15) is 0 Å². The molecular weight excluding hydrogens is 394 g/mol. The van der Waals surface area contributed by atoms with E-state index in [4.69, 9.17) is 16.6 Å². The number of likely N-dealkylation sites (tertiary alicyclic amines) is 1. The van der Waals surface area contributed by atoms with Crippen LogP contribution >= 0.6 is 22.9 Å². The van der Waals surface area contributed by atoms with Crippen LogP contribution in [0, 0.1) is 0 Å². The van der Waals surface area contributed by atoms with Crippen molar-refractivity contribution in [3.63, 3.8) is 0 Å². The number of aromatic nitrogens is 3. The highest BCUT2D eigenvalue weighted by molar-refractivity contribution is 7.13. The normalized spacial score (nSPS) is 16.3. The molecule has 8 heteroatoms. The van der Waals surface area contributed by atoms with Gasteiger partial charge in [-0.05, 0) is 49.1 Å². The molecule has 3 heterocycles. The zero-order valence-corrected chi connectivity index (χ0v) is 16.8. The second-order valence-electron chi connectivity index (χ2n) is 6.69. The Hall–Kier alpha value is -2.51. The third-order valence-electron chi connectivity index (χ3n) is 4.80. The number of carbonyl (C=O) groups excluding carboxylic acids is 1. The average Bonchev–Trinajstić information content (AvgIpc) is 3.38. The molecule has 1 N–H and O–H groups in total. The molecule has 28 heavy (non-hydrogen) atoms. The number of nitrogens with one attached hydrogen (secondary N) is 1. The van der Waals surface area contributed by atoms with Crippen molar-refractivity contribution in [2.45, 2.75) is 31.7 Å². The number of amides is 1. The predicted octanol–water partition coefficient (Wildman–Crippen LogP) is 4.63. The van der Waals surface area contributed by atoms with E-state index < -0.39 is 0 Å². The van der Waals surface area contributed by atoms with Gasteiger partial charge in [-0.1, -0.05) is 41.1 Å². The third-order valence-corrected chi connectivity index (χ3v) is 5.64. The summed E-state index contributed by atoms with van der Waals surface area (Å²) in [6, 6.07) is 13.5. The fraction of sp³-hybridized carbons (Fsp3) is 0.300. The van der Waals surface area contributed by atoms with Crippen LogP contribution in [-0.2, 0) is 11.2 Å². The maximum Gasteiger partial charge on any atom is 0.223 e. The number of hydrogen-bond donors (Lipinski definition) is 1. The van der Waals surface area contributed by atoms with Crippen LogP contribution in [0.2, 0.25) is 5.02 Å². The van der Waals surface area contributed by atoms with Crippen LogP contribution in [0.3, 0.4) is 0 Å². The summed E-state index contributed by atoms with van der Waals surface area (Å²) in [5.41, 5.74) is 3.66. The second kappa shape index (κ2) is 8.67. The molecule has 0 unspecified atom stereocenters. The number of rotatable bonds is 6. The van der Waals surface area contributed by atoms with Crippen molar-refractivity contribution in [1.82, 2.24) is 20.1 Å². The number of aryl methyl sites for hydroxylation is 1. The smallest absolute Gasteiger partial charge is 0.223 e. The van der Waals surface area contributed by atoms with E-state index in [1.165, 1.54) is 11.3 Å². The molecule has 1 aromatic carbocycles. The molecule has 1 amide bonds. The van der Waals surface area contributed by atoms with Crippen LogP contribution in [0.4, 0.5) is 10.9 Å². The van der Waals surface area contributed by atoms with Crippen molar-refractivity contribution >= 4 is 39.8 Å². The van der Waals surface area contributed by atoms with Crippen LogP contribution < -0.4 is 5.32 Å². The van der Waals surface area contributed by atoms with Gasteiger partial charge in [-0.15, -0.1) is 10.2 Å². The van der Waals surface area contributed by atoms with Gasteiger partial charge >= 0.3 is 0 Å². The molecule has 0 spiro atoms. The van der Waals surface area contributed by atoms with E-state index in [2.05, 4.69) is 15.5 Å². The van der Waals surface area contributed by atoms with E-state index in [-0.39, 0.29) is 11.9 Å². The van der Waals surface area contributed by atoms with Crippen LogP contribution in [0.15, 0.2) is 48.0 Å². The van der Waals surface area contributed by atoms with Gasteiger partial charge in [0.2, 0.25) is 11.0 Å². The van der Waals surface area contributed by atoms with E-state index in [9.17, 15) is 4.79 Å². The molecule has 1 atom stereocenters. The molecule has 0 bridgehead atoms. The van der Waals surface area contributed by atoms with E-state index in [0.717, 1.165) is 30.6 Å². The van der Waals surface area contributed by atoms with Crippen LogP contribution in [0.25, 0.3) is 0 Å². The first-order valence-corrected chi connectivity index (χ1v) is 10.5. The average molecular weight is 414 g/mol. The third kappa shape index (κ3) is 4.48. The number of nitrogens with zero attached hydrogens (tertiary/aromatic N) is 4. The van der Waals surface area contributed by atoms with Gasteiger partial charge in [0.1, 0.15) is 11.3 Å². The first-order chi connectivity index (χ1) is 13.7. The Bertz CT molecular complexity index is 949. The molecule has 6 nitrogen and oxygen atoms in total. The van der Waals surface area contributed by atoms with Crippen molar-refractivity contribution in [3.8, 4) is 0 Å². The van der Waals surface area contributed by atoms with E-state index >= 15 is 0 Å². The van der Waals surface area contributed by atoms with E-state index in [1.807, 2.05) is 47.4 Å². The van der Waals surface area contributed by atoms with Crippen LogP contribution in [0.5, 0.6) is 0 Å². The Balaban J connectivity index is 1.43. The van der Waals surface area contributed by atoms with Crippen molar-refractivity contribution in [2.24, 2.45) is 0 Å². The molecule has 144 valence electrons. The Morgan fingerprint density at radius 1 is 1.29 bits per heavy atom. The molecule has 0 saturated carbocycles. The van der Waals surface area contributed by atoms with E-state index in [0.29, 0.717) is 28.8 Å². The maximum atomic E-state index is 12.9. The highest BCUT2D eigenvalue weighted by Crippen LogP contribution is 2.32. The summed E-state index contributed by atoms with van der Waals surface area (Å²) in [5.74, 6) is 0.874. The summed E-state index contributed by atoms with van der Waals surface area (Å²) >= 11 is 7.46. The lowest BCUT2D eigenvalue weighted by Crippen LogP contribution is -2.31. The highest BCUT2D eigenvalue weighted by atomic mass is 35.5. The van der Waals surface area contributed by atoms with E-state index in [1.54, 1.807) is 5.51 Å². The minimum atomic E-state index is 0.0167. The number of anilines is 2. The lowest BCUT2D eigenvalue weighted by atomic mass is 10.1. The molecule has 0 aliphatic carbocycles. The molecule has 1 aliphatic heterocycles. The summed E-state index contributed by atoms with van der Waals surface area (Å²) in [4.78, 5) is 19.5. The SMILES string of the molecule is O=C(CCc1cccc(Cl)c1)N1CCC[C@H]1c1cccc(Nc2nncs2)n1. The highest BCUT2D eigenvalue weighted by Gasteiger charge is 2.30. The van der Waals surface area contributed by atoms with Gasteiger partial charge in [0.25, 0.3) is 0 Å². The van der Waals surface area contributed by atoms with Gasteiger partial charge in [0.05, 0.1) is 11.7 Å². The number of carbonyl (C=O) groups is 1. The summed E-state index contributed by atoms with van der Waals surface area (Å²) in [5, 5.41) is 12.4. The number of benzene rings is 1. The Morgan fingerprint density at radius 3 is 3.00 bits per heavy atom. The van der Waals surface area contributed by atoms with Gasteiger partial charge in [-0.25, -0.2) is 4.98 Å². The molecule has 0 radical (unpaired) electrons. The summed E-state index contributed by atoms with van der Waals surface area (Å²) < 4.78 is 0. The van der Waals surface area contributed by atoms with Crippen molar-refractivity contribution < 1.29 is 4.79 Å². The van der Waals surface area contributed by atoms with Crippen molar-refractivity contribution in [1.29, 1.82) is 0 Å². The largest absolute Gasteiger partial charge is 0.334 e. The van der Waals surface area contributed by atoms with Crippen LogP contribution in [0.1, 0.15) is 36.6 Å². The quantitative estimate of drug-likeness (QED) is 0.638. The minimum Gasteiger partial charge on any atom is -0.334 e. The lowest BCUT2D eigenvalue weighted by molar-refractivity contribution is -0.132. The summed E-state index contributed by atoms with van der Waals surface area (Å²) in [6.07, 6.45) is 3.08. The molecule has 1 saturated heterocycles. The first kappa shape index (κ1) is 18.8. The topological polar surface area (TPSA) is 71.0 Å². The lowest BCUT2D eigenvalue weighted by Gasteiger charge is -2.25. The molecule has 4 rings (SSSR count). The summed E-state index contributed by atoms with van der Waals surface area (Å²) in [6.45, 7) is 0.773.